The van der Waals surface area contributed by atoms with Crippen molar-refractivity contribution in [3.63, 3.8) is 0 Å². The van der Waals surface area contributed by atoms with E-state index < -0.39 is 6.43 Å². The maximum absolute atomic E-state index is 12.4. The fraction of sp³-hybridized carbons (Fsp3) is 0.400. The van der Waals surface area contributed by atoms with Gasteiger partial charge in [0, 0.05) is 31.2 Å². The number of halogens is 2. The zero-order valence-corrected chi connectivity index (χ0v) is 16.2. The third-order valence-corrected chi connectivity index (χ3v) is 5.60. The smallest absolute Gasteiger partial charge is 0.261 e. The Bertz CT molecular complexity index is 773. The second-order valence-corrected chi connectivity index (χ2v) is 7.74. The van der Waals surface area contributed by atoms with Crippen molar-refractivity contribution >= 4 is 23.2 Å². The number of alkyl halides is 2. The largest absolute Gasteiger partial charge is 0.349 e. The number of likely N-dealkylation sites (tertiary alicyclic amines) is 1. The number of benzene rings is 1. The van der Waals surface area contributed by atoms with Crippen molar-refractivity contribution in [2.75, 3.05) is 19.6 Å². The number of carbonyl (C=O) groups excluding carboxylic acids is 2. The molecule has 0 aliphatic carbocycles. The Kier molecular flexibility index (Phi) is 7.11. The molecule has 0 bridgehead atoms. The van der Waals surface area contributed by atoms with E-state index in [1.165, 1.54) is 11.3 Å². The van der Waals surface area contributed by atoms with Crippen LogP contribution in [0.3, 0.4) is 0 Å². The molecule has 1 aliphatic heterocycles. The molecule has 1 saturated heterocycles. The number of piperidine rings is 1. The van der Waals surface area contributed by atoms with Crippen LogP contribution in [0.4, 0.5) is 8.78 Å². The molecule has 0 unspecified atom stereocenters. The predicted octanol–water partition coefficient (Wildman–Crippen LogP) is 3.14. The van der Waals surface area contributed by atoms with E-state index in [1.54, 1.807) is 23.1 Å². The fourth-order valence-corrected chi connectivity index (χ4v) is 3.82. The van der Waals surface area contributed by atoms with Gasteiger partial charge in [0.25, 0.3) is 18.2 Å². The molecule has 28 heavy (non-hydrogen) atoms. The molecule has 1 aliphatic rings. The van der Waals surface area contributed by atoms with E-state index >= 15 is 0 Å². The number of hydrogen-bond donors (Lipinski definition) is 2. The fourth-order valence-electron chi connectivity index (χ4n) is 3.17. The molecule has 0 radical (unpaired) electrons. The van der Waals surface area contributed by atoms with Crippen LogP contribution in [-0.2, 0) is 6.54 Å². The van der Waals surface area contributed by atoms with Gasteiger partial charge in [0.05, 0.1) is 11.4 Å². The third-order valence-electron chi connectivity index (χ3n) is 4.73. The van der Waals surface area contributed by atoms with Gasteiger partial charge in [0.1, 0.15) is 0 Å². The van der Waals surface area contributed by atoms with Crippen molar-refractivity contribution < 1.29 is 18.4 Å². The highest BCUT2D eigenvalue weighted by Crippen LogP contribution is 2.13. The van der Waals surface area contributed by atoms with Crippen LogP contribution < -0.4 is 10.6 Å². The first kappa shape index (κ1) is 20.4. The highest BCUT2D eigenvalue weighted by Gasteiger charge is 2.22. The van der Waals surface area contributed by atoms with Gasteiger partial charge in [-0.05, 0) is 42.0 Å². The molecule has 1 fully saturated rings. The first-order valence-corrected chi connectivity index (χ1v) is 10.1. The molecule has 0 atom stereocenters. The Hall–Kier alpha value is -2.32. The van der Waals surface area contributed by atoms with E-state index in [9.17, 15) is 18.4 Å². The lowest BCUT2D eigenvalue weighted by atomic mass is 10.0. The Morgan fingerprint density at radius 3 is 2.43 bits per heavy atom. The van der Waals surface area contributed by atoms with E-state index in [2.05, 4.69) is 10.6 Å². The lowest BCUT2D eigenvalue weighted by molar-refractivity contribution is 0.0696. The zero-order chi connectivity index (χ0) is 19.9. The number of nitrogens with zero attached hydrogens (tertiary/aromatic N) is 1. The van der Waals surface area contributed by atoms with Crippen LogP contribution >= 0.6 is 11.3 Å². The molecule has 1 aromatic heterocycles. The van der Waals surface area contributed by atoms with Gasteiger partial charge in [-0.3, -0.25) is 14.5 Å². The molecular formula is C20H23F2N3O2S. The average Bonchev–Trinajstić information content (AvgIpc) is 3.22. The van der Waals surface area contributed by atoms with Crippen LogP contribution in [0.25, 0.3) is 0 Å². The SMILES string of the molecule is O=C(NC1CCN(CC(F)F)CC1)c1ccc(CNC(=O)c2cccs2)cc1. The summed E-state index contributed by atoms with van der Waals surface area (Å²) in [7, 11) is 0. The Morgan fingerprint density at radius 1 is 1.11 bits per heavy atom. The Labute approximate surface area is 166 Å². The molecule has 2 N–H and O–H groups in total. The monoisotopic (exact) mass is 407 g/mol. The molecule has 8 heteroatoms. The van der Waals surface area contributed by atoms with Gasteiger partial charge in [-0.25, -0.2) is 8.78 Å². The van der Waals surface area contributed by atoms with Crippen LogP contribution in [0, 0.1) is 0 Å². The molecule has 2 heterocycles. The number of nitrogens with one attached hydrogen (secondary N) is 2. The van der Waals surface area contributed by atoms with Gasteiger partial charge in [-0.1, -0.05) is 18.2 Å². The molecule has 5 nitrogen and oxygen atoms in total. The van der Waals surface area contributed by atoms with Crippen molar-refractivity contribution in [2.45, 2.75) is 31.9 Å². The minimum absolute atomic E-state index is 0.00573. The minimum Gasteiger partial charge on any atom is -0.349 e. The van der Waals surface area contributed by atoms with Crippen molar-refractivity contribution in [3.8, 4) is 0 Å². The van der Waals surface area contributed by atoms with E-state index in [4.69, 9.17) is 0 Å². The molecule has 3 rings (SSSR count). The third kappa shape index (κ3) is 5.84. The van der Waals surface area contributed by atoms with Crippen molar-refractivity contribution in [2.24, 2.45) is 0 Å². The molecule has 0 spiro atoms. The number of amides is 2. The number of hydrogen-bond acceptors (Lipinski definition) is 4. The quantitative estimate of drug-likeness (QED) is 0.741. The van der Waals surface area contributed by atoms with E-state index in [-0.39, 0.29) is 24.4 Å². The van der Waals surface area contributed by atoms with Crippen molar-refractivity contribution in [3.05, 3.63) is 57.8 Å². The molecule has 1 aromatic carbocycles. The first-order chi connectivity index (χ1) is 13.5. The maximum atomic E-state index is 12.4. The maximum Gasteiger partial charge on any atom is 0.261 e. The summed E-state index contributed by atoms with van der Waals surface area (Å²) in [5.74, 6) is -0.281. The second kappa shape index (κ2) is 9.75. The molecule has 150 valence electrons. The highest BCUT2D eigenvalue weighted by molar-refractivity contribution is 7.12. The predicted molar refractivity (Wildman–Crippen MR) is 105 cm³/mol. The second-order valence-electron chi connectivity index (χ2n) is 6.80. The molecule has 2 aromatic rings. The Balaban J connectivity index is 1.44. The van der Waals surface area contributed by atoms with Gasteiger partial charge < -0.3 is 10.6 Å². The van der Waals surface area contributed by atoms with Crippen molar-refractivity contribution in [1.82, 2.24) is 15.5 Å². The number of thiophene rings is 1. The average molecular weight is 407 g/mol. The summed E-state index contributed by atoms with van der Waals surface area (Å²) in [4.78, 5) is 26.7. The summed E-state index contributed by atoms with van der Waals surface area (Å²) in [5, 5.41) is 7.67. The molecular weight excluding hydrogens is 384 g/mol. The molecule has 2 amide bonds. The van der Waals surface area contributed by atoms with Crippen molar-refractivity contribution in [1.29, 1.82) is 0 Å². The minimum atomic E-state index is -2.32. The Morgan fingerprint density at radius 2 is 1.82 bits per heavy atom. The van der Waals surface area contributed by atoms with Gasteiger partial charge in [-0.15, -0.1) is 11.3 Å². The summed E-state index contributed by atoms with van der Waals surface area (Å²) in [6, 6.07) is 10.7. The standard InChI is InChI=1S/C20H23F2N3O2S/c21-18(22)13-25-9-7-16(8-10-25)24-19(26)15-5-3-14(4-6-15)12-23-20(27)17-2-1-11-28-17/h1-6,11,16,18H,7-10,12-13H2,(H,23,27)(H,24,26). The van der Waals surface area contributed by atoms with E-state index in [1.807, 2.05) is 23.6 Å². The van der Waals surface area contributed by atoms with Crippen LogP contribution in [0.5, 0.6) is 0 Å². The van der Waals surface area contributed by atoms with Gasteiger partial charge >= 0.3 is 0 Å². The van der Waals surface area contributed by atoms with Gasteiger partial charge in [-0.2, -0.15) is 0 Å². The van der Waals surface area contributed by atoms with Crippen LogP contribution in [-0.4, -0.2) is 48.8 Å². The highest BCUT2D eigenvalue weighted by atomic mass is 32.1. The number of carbonyl (C=O) groups is 2. The number of rotatable bonds is 7. The summed E-state index contributed by atoms with van der Waals surface area (Å²) < 4.78 is 24.8. The molecule has 0 saturated carbocycles. The normalized spacial score (nSPS) is 15.5. The summed E-state index contributed by atoms with van der Waals surface area (Å²) >= 11 is 1.39. The summed E-state index contributed by atoms with van der Waals surface area (Å²) in [6.45, 7) is 1.32. The van der Waals surface area contributed by atoms with Crippen LogP contribution in [0.15, 0.2) is 41.8 Å². The van der Waals surface area contributed by atoms with Gasteiger partial charge in [0.15, 0.2) is 0 Å². The zero-order valence-electron chi connectivity index (χ0n) is 15.4. The topological polar surface area (TPSA) is 61.4 Å². The summed E-state index contributed by atoms with van der Waals surface area (Å²) in [5.41, 5.74) is 1.45. The van der Waals surface area contributed by atoms with E-state index in [0.29, 0.717) is 42.9 Å². The lowest BCUT2D eigenvalue weighted by Crippen LogP contribution is -2.45. The first-order valence-electron chi connectivity index (χ1n) is 9.23. The van der Waals surface area contributed by atoms with Gasteiger partial charge in [0.2, 0.25) is 0 Å². The van der Waals surface area contributed by atoms with Crippen LogP contribution in [0.2, 0.25) is 0 Å². The van der Waals surface area contributed by atoms with E-state index in [0.717, 1.165) is 5.56 Å². The summed E-state index contributed by atoms with van der Waals surface area (Å²) in [6.07, 6.45) is -0.976. The lowest BCUT2D eigenvalue weighted by Gasteiger charge is -2.32. The van der Waals surface area contributed by atoms with Crippen LogP contribution in [0.1, 0.15) is 38.4 Å².